The summed E-state index contributed by atoms with van der Waals surface area (Å²) in [5.74, 6) is -1.09. The fourth-order valence-electron chi connectivity index (χ4n) is 1.45. The van der Waals surface area contributed by atoms with Crippen molar-refractivity contribution in [2.45, 2.75) is 25.3 Å². The number of carboxylic acids is 1. The van der Waals surface area contributed by atoms with E-state index in [0.29, 0.717) is 6.54 Å². The third kappa shape index (κ3) is 6.05. The van der Waals surface area contributed by atoms with E-state index < -0.39 is 18.0 Å². The van der Waals surface area contributed by atoms with Crippen molar-refractivity contribution in [2.24, 2.45) is 5.92 Å². The summed E-state index contributed by atoms with van der Waals surface area (Å²) < 4.78 is 0. The molecule has 0 unspecified atom stereocenters. The van der Waals surface area contributed by atoms with E-state index in [1.54, 1.807) is 0 Å². The van der Waals surface area contributed by atoms with Crippen molar-refractivity contribution >= 4 is 17.9 Å². The van der Waals surface area contributed by atoms with Crippen LogP contribution in [0.25, 0.3) is 0 Å². The SMILES string of the molecule is O=C(NCCNC(=O)C1CC1)N[C@@H](CCO)C(=O)O. The fraction of sp³-hybridized carbons (Fsp3) is 0.727. The van der Waals surface area contributed by atoms with Gasteiger partial charge in [0.25, 0.3) is 0 Å². The Morgan fingerprint density at radius 2 is 1.79 bits per heavy atom. The summed E-state index contributed by atoms with van der Waals surface area (Å²) in [6.45, 7) is 0.199. The van der Waals surface area contributed by atoms with Gasteiger partial charge in [0.15, 0.2) is 0 Å². The minimum atomic E-state index is -1.20. The first-order valence-electron chi connectivity index (χ1n) is 6.20. The van der Waals surface area contributed by atoms with Gasteiger partial charge in [0, 0.05) is 32.0 Å². The van der Waals surface area contributed by atoms with E-state index in [4.69, 9.17) is 10.2 Å². The molecule has 5 N–H and O–H groups in total. The van der Waals surface area contributed by atoms with E-state index in [1.807, 2.05) is 0 Å². The second-order valence-corrected chi connectivity index (χ2v) is 4.37. The Kier molecular flexibility index (Phi) is 6.07. The minimum Gasteiger partial charge on any atom is -0.480 e. The molecule has 0 aromatic heterocycles. The predicted molar refractivity (Wildman–Crippen MR) is 65.4 cm³/mol. The zero-order valence-electron chi connectivity index (χ0n) is 10.5. The molecule has 0 bridgehead atoms. The highest BCUT2D eigenvalue weighted by atomic mass is 16.4. The Morgan fingerprint density at radius 1 is 1.16 bits per heavy atom. The molecule has 1 aliphatic rings. The van der Waals surface area contributed by atoms with Gasteiger partial charge in [-0.15, -0.1) is 0 Å². The van der Waals surface area contributed by atoms with Crippen LogP contribution in [0.15, 0.2) is 0 Å². The minimum absolute atomic E-state index is 0.00842. The van der Waals surface area contributed by atoms with Crippen molar-refractivity contribution in [3.05, 3.63) is 0 Å². The third-order valence-electron chi connectivity index (χ3n) is 2.68. The van der Waals surface area contributed by atoms with Crippen molar-refractivity contribution in [2.75, 3.05) is 19.7 Å². The van der Waals surface area contributed by atoms with Gasteiger partial charge in [-0.2, -0.15) is 0 Å². The molecule has 0 saturated heterocycles. The van der Waals surface area contributed by atoms with Crippen LogP contribution in [0.3, 0.4) is 0 Å². The molecule has 3 amide bonds. The van der Waals surface area contributed by atoms with Crippen molar-refractivity contribution in [1.82, 2.24) is 16.0 Å². The number of carbonyl (C=O) groups is 3. The lowest BCUT2D eigenvalue weighted by molar-refractivity contribution is -0.139. The third-order valence-corrected chi connectivity index (χ3v) is 2.68. The lowest BCUT2D eigenvalue weighted by Gasteiger charge is -2.14. The molecular formula is C11H19N3O5. The van der Waals surface area contributed by atoms with Gasteiger partial charge in [-0.05, 0) is 12.8 Å². The van der Waals surface area contributed by atoms with E-state index in [2.05, 4.69) is 16.0 Å². The first-order valence-corrected chi connectivity index (χ1v) is 6.20. The topological polar surface area (TPSA) is 128 Å². The maximum atomic E-state index is 11.3. The number of hydrogen-bond acceptors (Lipinski definition) is 4. The van der Waals surface area contributed by atoms with E-state index in [9.17, 15) is 14.4 Å². The second-order valence-electron chi connectivity index (χ2n) is 4.37. The van der Waals surface area contributed by atoms with Crippen LogP contribution in [0.2, 0.25) is 0 Å². The summed E-state index contributed by atoms with van der Waals surface area (Å²) in [5.41, 5.74) is 0. The van der Waals surface area contributed by atoms with Crippen LogP contribution in [-0.2, 0) is 9.59 Å². The summed E-state index contributed by atoms with van der Waals surface area (Å²) in [5, 5.41) is 24.7. The Bertz CT molecular complexity index is 343. The van der Waals surface area contributed by atoms with Crippen LogP contribution >= 0.6 is 0 Å². The standard InChI is InChI=1S/C11H19N3O5/c15-6-3-8(10(17)18)14-11(19)13-5-4-12-9(16)7-1-2-7/h7-8,15H,1-6H2,(H,12,16)(H,17,18)(H2,13,14,19)/t8-/m0/s1. The monoisotopic (exact) mass is 273 g/mol. The number of carbonyl (C=O) groups excluding carboxylic acids is 2. The van der Waals surface area contributed by atoms with Crippen LogP contribution in [0.1, 0.15) is 19.3 Å². The molecule has 1 saturated carbocycles. The van der Waals surface area contributed by atoms with E-state index in [0.717, 1.165) is 12.8 Å². The smallest absolute Gasteiger partial charge is 0.326 e. The fourth-order valence-corrected chi connectivity index (χ4v) is 1.45. The summed E-state index contributed by atoms with van der Waals surface area (Å²) in [7, 11) is 0. The number of aliphatic hydroxyl groups is 1. The second kappa shape index (κ2) is 7.57. The molecule has 0 spiro atoms. The number of hydrogen-bond donors (Lipinski definition) is 5. The molecule has 1 rings (SSSR count). The van der Waals surface area contributed by atoms with E-state index in [-0.39, 0.29) is 31.4 Å². The molecule has 1 atom stereocenters. The molecule has 1 fully saturated rings. The molecule has 108 valence electrons. The first kappa shape index (κ1) is 15.2. The summed E-state index contributed by atoms with van der Waals surface area (Å²) in [4.78, 5) is 33.3. The van der Waals surface area contributed by atoms with Crippen molar-refractivity contribution < 1.29 is 24.6 Å². The highest BCUT2D eigenvalue weighted by Gasteiger charge is 2.29. The summed E-state index contributed by atoms with van der Waals surface area (Å²) >= 11 is 0. The van der Waals surface area contributed by atoms with Crippen molar-refractivity contribution in [3.8, 4) is 0 Å². The number of urea groups is 1. The van der Waals surface area contributed by atoms with Crippen molar-refractivity contribution in [1.29, 1.82) is 0 Å². The zero-order valence-corrected chi connectivity index (χ0v) is 10.5. The van der Waals surface area contributed by atoms with Crippen LogP contribution < -0.4 is 16.0 Å². The highest BCUT2D eigenvalue weighted by Crippen LogP contribution is 2.28. The number of aliphatic hydroxyl groups excluding tert-OH is 1. The maximum Gasteiger partial charge on any atom is 0.326 e. The largest absolute Gasteiger partial charge is 0.480 e. The van der Waals surface area contributed by atoms with Crippen molar-refractivity contribution in [3.63, 3.8) is 0 Å². The quantitative estimate of drug-likeness (QED) is 0.349. The molecule has 0 aromatic rings. The number of rotatable bonds is 8. The van der Waals surface area contributed by atoms with Crippen LogP contribution in [0, 0.1) is 5.92 Å². The van der Waals surface area contributed by atoms with Crippen LogP contribution in [0.4, 0.5) is 4.79 Å². The van der Waals surface area contributed by atoms with Crippen LogP contribution in [0.5, 0.6) is 0 Å². The van der Waals surface area contributed by atoms with Gasteiger partial charge in [0.05, 0.1) is 0 Å². The summed E-state index contributed by atoms with van der Waals surface area (Å²) in [6, 6.07) is -1.76. The molecule has 1 aliphatic carbocycles. The van der Waals surface area contributed by atoms with Gasteiger partial charge in [0.2, 0.25) is 5.91 Å². The maximum absolute atomic E-state index is 11.3. The Labute approximate surface area is 110 Å². The summed E-state index contributed by atoms with van der Waals surface area (Å²) in [6.07, 6.45) is 1.78. The molecule has 0 aliphatic heterocycles. The molecule has 8 heteroatoms. The van der Waals surface area contributed by atoms with Crippen LogP contribution in [-0.4, -0.2) is 53.9 Å². The van der Waals surface area contributed by atoms with Gasteiger partial charge in [-0.1, -0.05) is 0 Å². The Balaban J connectivity index is 2.11. The number of amides is 3. The van der Waals surface area contributed by atoms with Gasteiger partial charge in [0.1, 0.15) is 6.04 Å². The van der Waals surface area contributed by atoms with Gasteiger partial charge in [-0.3, -0.25) is 4.79 Å². The van der Waals surface area contributed by atoms with Gasteiger partial charge in [-0.25, -0.2) is 9.59 Å². The first-order chi connectivity index (χ1) is 9.04. The number of aliphatic carboxylic acids is 1. The highest BCUT2D eigenvalue weighted by molar-refractivity contribution is 5.82. The Hall–Kier alpha value is -1.83. The average molecular weight is 273 g/mol. The number of carboxylic acid groups (broad SMARTS) is 1. The molecule has 0 radical (unpaired) electrons. The molecule has 0 heterocycles. The lowest BCUT2D eigenvalue weighted by atomic mass is 10.2. The Morgan fingerprint density at radius 3 is 2.32 bits per heavy atom. The van der Waals surface area contributed by atoms with E-state index >= 15 is 0 Å². The zero-order chi connectivity index (χ0) is 14.3. The van der Waals surface area contributed by atoms with E-state index in [1.165, 1.54) is 0 Å². The predicted octanol–water partition coefficient (Wildman–Crippen LogP) is -1.35. The molecule has 0 aromatic carbocycles. The van der Waals surface area contributed by atoms with Gasteiger partial charge >= 0.3 is 12.0 Å². The average Bonchev–Trinajstić information content (AvgIpc) is 3.17. The molecule has 8 nitrogen and oxygen atoms in total. The normalized spacial score (nSPS) is 15.4. The van der Waals surface area contributed by atoms with Gasteiger partial charge < -0.3 is 26.2 Å². The lowest BCUT2D eigenvalue weighted by Crippen LogP contribution is -2.48. The molecule has 19 heavy (non-hydrogen) atoms. The molecular weight excluding hydrogens is 254 g/mol. The number of nitrogens with one attached hydrogen (secondary N) is 3.